The fraction of sp³-hybridized carbons (Fsp3) is 0.278. The summed E-state index contributed by atoms with van der Waals surface area (Å²) in [7, 11) is 4.45. The topological polar surface area (TPSA) is 63.5 Å². The van der Waals surface area contributed by atoms with Crippen LogP contribution in [0.15, 0.2) is 30.3 Å². The summed E-state index contributed by atoms with van der Waals surface area (Å²) in [5, 5.41) is 11.8. The molecule has 26 heavy (non-hydrogen) atoms. The van der Waals surface area contributed by atoms with E-state index in [1.54, 1.807) is 18.2 Å². The Morgan fingerprint density at radius 1 is 1.00 bits per heavy atom. The van der Waals surface area contributed by atoms with Gasteiger partial charge in [-0.05, 0) is 18.2 Å². The lowest BCUT2D eigenvalue weighted by molar-refractivity contribution is -0.137. The zero-order valence-corrected chi connectivity index (χ0v) is 14.4. The highest BCUT2D eigenvalue weighted by atomic mass is 19.4. The number of nitrogens with zero attached hydrogens (tertiary/aromatic N) is 1. The Hall–Kier alpha value is -3.08. The molecule has 0 aliphatic rings. The van der Waals surface area contributed by atoms with Crippen LogP contribution >= 0.6 is 0 Å². The molecule has 0 spiro atoms. The van der Waals surface area contributed by atoms with E-state index < -0.39 is 17.3 Å². The first-order chi connectivity index (χ1) is 12.3. The molecule has 0 bridgehead atoms. The molecule has 0 aliphatic carbocycles. The number of nitriles is 1. The third kappa shape index (κ3) is 4.11. The van der Waals surface area contributed by atoms with E-state index in [4.69, 9.17) is 19.5 Å². The van der Waals surface area contributed by atoms with Gasteiger partial charge in [0.25, 0.3) is 0 Å². The van der Waals surface area contributed by atoms with E-state index in [9.17, 15) is 13.2 Å². The number of halogens is 3. The Morgan fingerprint density at radius 2 is 1.62 bits per heavy atom. The third-order valence-corrected chi connectivity index (χ3v) is 3.73. The van der Waals surface area contributed by atoms with Crippen molar-refractivity contribution in [3.8, 4) is 23.3 Å². The molecular weight excluding hydrogens is 349 g/mol. The number of hydrogen-bond acceptors (Lipinski definition) is 5. The minimum absolute atomic E-state index is 0.152. The second-order valence-corrected chi connectivity index (χ2v) is 5.23. The first-order valence-corrected chi connectivity index (χ1v) is 7.48. The summed E-state index contributed by atoms with van der Waals surface area (Å²) in [5.41, 5.74) is -0.578. The predicted molar refractivity (Wildman–Crippen MR) is 89.6 cm³/mol. The van der Waals surface area contributed by atoms with Crippen LogP contribution in [0.25, 0.3) is 0 Å². The van der Waals surface area contributed by atoms with E-state index in [1.165, 1.54) is 27.4 Å². The molecule has 0 aliphatic heterocycles. The van der Waals surface area contributed by atoms with Gasteiger partial charge in [-0.3, -0.25) is 0 Å². The molecule has 5 nitrogen and oxygen atoms in total. The SMILES string of the molecule is COc1cc(OC)c(CNc2ccc(C#N)c(C(F)(F)F)c2)c(OC)c1. The molecule has 1 N–H and O–H groups in total. The molecule has 0 fully saturated rings. The lowest BCUT2D eigenvalue weighted by atomic mass is 10.1. The van der Waals surface area contributed by atoms with E-state index >= 15 is 0 Å². The summed E-state index contributed by atoms with van der Waals surface area (Å²) in [4.78, 5) is 0. The normalized spacial score (nSPS) is 10.8. The van der Waals surface area contributed by atoms with Crippen LogP contribution in [0.1, 0.15) is 16.7 Å². The fourth-order valence-electron chi connectivity index (χ4n) is 2.43. The van der Waals surface area contributed by atoms with Gasteiger partial charge in [0.1, 0.15) is 17.2 Å². The minimum Gasteiger partial charge on any atom is -0.496 e. The monoisotopic (exact) mass is 366 g/mol. The molecule has 0 amide bonds. The maximum Gasteiger partial charge on any atom is 0.417 e. The maximum absolute atomic E-state index is 13.1. The van der Waals surface area contributed by atoms with Crippen LogP contribution in [-0.2, 0) is 12.7 Å². The summed E-state index contributed by atoms with van der Waals surface area (Å²) in [6, 6.07) is 8.30. The van der Waals surface area contributed by atoms with E-state index in [-0.39, 0.29) is 12.2 Å². The van der Waals surface area contributed by atoms with Crippen molar-refractivity contribution in [2.45, 2.75) is 12.7 Å². The molecule has 2 rings (SSSR count). The molecule has 0 radical (unpaired) electrons. The highest BCUT2D eigenvalue weighted by molar-refractivity contribution is 5.56. The highest BCUT2D eigenvalue weighted by Gasteiger charge is 2.33. The van der Waals surface area contributed by atoms with Gasteiger partial charge in [0.05, 0.1) is 44.1 Å². The van der Waals surface area contributed by atoms with Gasteiger partial charge in [-0.1, -0.05) is 0 Å². The average molecular weight is 366 g/mol. The first-order valence-electron chi connectivity index (χ1n) is 7.48. The Kier molecular flexibility index (Phi) is 5.82. The van der Waals surface area contributed by atoms with E-state index in [1.807, 2.05) is 0 Å². The summed E-state index contributed by atoms with van der Waals surface area (Å²) in [6.07, 6.45) is -4.61. The fourth-order valence-corrected chi connectivity index (χ4v) is 2.43. The molecule has 0 heterocycles. The molecule has 2 aromatic rings. The molecule has 0 aromatic heterocycles. The van der Waals surface area contributed by atoms with Crippen LogP contribution in [0.3, 0.4) is 0 Å². The van der Waals surface area contributed by atoms with Gasteiger partial charge in [0.15, 0.2) is 0 Å². The van der Waals surface area contributed by atoms with E-state index in [0.29, 0.717) is 22.8 Å². The maximum atomic E-state index is 13.1. The Balaban J connectivity index is 2.33. The molecule has 0 atom stereocenters. The van der Waals surface area contributed by atoms with Crippen molar-refractivity contribution in [3.63, 3.8) is 0 Å². The summed E-state index contributed by atoms with van der Waals surface area (Å²) >= 11 is 0. The largest absolute Gasteiger partial charge is 0.496 e. The summed E-state index contributed by atoms with van der Waals surface area (Å²) in [5.74, 6) is 1.47. The van der Waals surface area contributed by atoms with Crippen LogP contribution in [0.2, 0.25) is 0 Å². The van der Waals surface area contributed by atoms with Crippen LogP contribution in [0.4, 0.5) is 18.9 Å². The molecular formula is C18H17F3N2O3. The van der Waals surface area contributed by atoms with Crippen molar-refractivity contribution in [2.75, 3.05) is 26.6 Å². The van der Waals surface area contributed by atoms with Crippen molar-refractivity contribution in [3.05, 3.63) is 47.0 Å². The van der Waals surface area contributed by atoms with Crippen molar-refractivity contribution in [1.29, 1.82) is 5.26 Å². The standard InChI is InChI=1S/C18H17F3N2O3/c1-24-13-7-16(25-2)14(17(8-13)26-3)10-23-12-5-4-11(9-22)15(6-12)18(19,20)21/h4-8,23H,10H2,1-3H3. The number of ether oxygens (including phenoxy) is 3. The smallest absolute Gasteiger partial charge is 0.417 e. The number of nitrogens with one attached hydrogen (secondary N) is 1. The Bertz CT molecular complexity index is 804. The molecule has 8 heteroatoms. The molecule has 0 saturated heterocycles. The number of methoxy groups -OCH3 is 3. The molecule has 0 saturated carbocycles. The van der Waals surface area contributed by atoms with Gasteiger partial charge in [0.2, 0.25) is 0 Å². The van der Waals surface area contributed by atoms with Crippen molar-refractivity contribution in [2.24, 2.45) is 0 Å². The second-order valence-electron chi connectivity index (χ2n) is 5.23. The molecule has 2 aromatic carbocycles. The van der Waals surface area contributed by atoms with Gasteiger partial charge < -0.3 is 19.5 Å². The van der Waals surface area contributed by atoms with E-state index in [2.05, 4.69) is 5.32 Å². The van der Waals surface area contributed by atoms with Crippen LogP contribution in [-0.4, -0.2) is 21.3 Å². The lowest BCUT2D eigenvalue weighted by Crippen LogP contribution is -2.10. The minimum atomic E-state index is -4.61. The van der Waals surface area contributed by atoms with E-state index in [0.717, 1.165) is 12.1 Å². The molecule has 0 unspecified atom stereocenters. The number of rotatable bonds is 6. The average Bonchev–Trinajstić information content (AvgIpc) is 2.64. The number of hydrogen-bond donors (Lipinski definition) is 1. The Labute approximate surface area is 148 Å². The van der Waals surface area contributed by atoms with Crippen LogP contribution < -0.4 is 19.5 Å². The van der Waals surface area contributed by atoms with Crippen molar-refractivity contribution < 1.29 is 27.4 Å². The number of anilines is 1. The van der Waals surface area contributed by atoms with Gasteiger partial charge in [-0.25, -0.2) is 0 Å². The zero-order valence-electron chi connectivity index (χ0n) is 14.4. The van der Waals surface area contributed by atoms with Gasteiger partial charge >= 0.3 is 6.18 Å². The van der Waals surface area contributed by atoms with Crippen molar-refractivity contribution in [1.82, 2.24) is 0 Å². The summed E-state index contributed by atoms with van der Waals surface area (Å²) < 4.78 is 55.0. The zero-order chi connectivity index (χ0) is 19.3. The Morgan fingerprint density at radius 3 is 2.08 bits per heavy atom. The third-order valence-electron chi connectivity index (χ3n) is 3.73. The number of alkyl halides is 3. The first kappa shape index (κ1) is 19.2. The quantitative estimate of drug-likeness (QED) is 0.830. The summed E-state index contributed by atoms with van der Waals surface area (Å²) in [6.45, 7) is 0.152. The number of benzene rings is 2. The van der Waals surface area contributed by atoms with Crippen LogP contribution in [0, 0.1) is 11.3 Å². The molecule has 138 valence electrons. The lowest BCUT2D eigenvalue weighted by Gasteiger charge is -2.17. The predicted octanol–water partition coefficient (Wildman–Crippen LogP) is 4.21. The van der Waals surface area contributed by atoms with Crippen molar-refractivity contribution >= 4 is 5.69 Å². The van der Waals surface area contributed by atoms with Gasteiger partial charge in [-0.15, -0.1) is 0 Å². The second kappa shape index (κ2) is 7.87. The van der Waals surface area contributed by atoms with Gasteiger partial charge in [0, 0.05) is 24.4 Å². The highest BCUT2D eigenvalue weighted by Crippen LogP contribution is 2.36. The van der Waals surface area contributed by atoms with Crippen LogP contribution in [0.5, 0.6) is 17.2 Å². The van der Waals surface area contributed by atoms with Gasteiger partial charge in [-0.2, -0.15) is 18.4 Å².